The van der Waals surface area contributed by atoms with Gasteiger partial charge in [-0.15, -0.1) is 0 Å². The molecule has 0 spiro atoms. The zero-order valence-corrected chi connectivity index (χ0v) is 10.9. The average molecular weight is 284 g/mol. The van der Waals surface area contributed by atoms with Crippen LogP contribution in [0.1, 0.15) is 10.6 Å². The lowest BCUT2D eigenvalue weighted by Crippen LogP contribution is -1.84. The highest BCUT2D eigenvalue weighted by Crippen LogP contribution is 2.32. The van der Waals surface area contributed by atoms with E-state index in [4.69, 9.17) is 4.74 Å². The number of ether oxygens (including phenoxy) is 1. The maximum Gasteiger partial charge on any atom is 0.279 e. The van der Waals surface area contributed by atoms with E-state index in [0.29, 0.717) is 5.19 Å². The van der Waals surface area contributed by atoms with E-state index < -0.39 is 0 Å². The Bertz CT molecular complexity index is 462. The van der Waals surface area contributed by atoms with Gasteiger partial charge in [0.05, 0.1) is 10.2 Å². The fraction of sp³-hybridized carbons (Fsp3) is 0.182. The van der Waals surface area contributed by atoms with Crippen molar-refractivity contribution in [1.82, 2.24) is 4.98 Å². The van der Waals surface area contributed by atoms with Gasteiger partial charge < -0.3 is 4.74 Å². The quantitative estimate of drug-likeness (QED) is 0.819. The van der Waals surface area contributed by atoms with Gasteiger partial charge >= 0.3 is 0 Å². The first-order valence-electron chi connectivity index (χ1n) is 4.53. The molecule has 4 heteroatoms. The fourth-order valence-electron chi connectivity index (χ4n) is 1.11. The van der Waals surface area contributed by atoms with E-state index in [1.165, 1.54) is 4.88 Å². The topological polar surface area (TPSA) is 22.1 Å². The summed E-state index contributed by atoms with van der Waals surface area (Å²) in [5, 5.41) is 0.692. The van der Waals surface area contributed by atoms with Crippen molar-refractivity contribution < 1.29 is 4.74 Å². The van der Waals surface area contributed by atoms with E-state index >= 15 is 0 Å². The van der Waals surface area contributed by atoms with Crippen molar-refractivity contribution in [2.24, 2.45) is 0 Å². The molecule has 0 bridgehead atoms. The van der Waals surface area contributed by atoms with Crippen molar-refractivity contribution in [2.75, 3.05) is 0 Å². The summed E-state index contributed by atoms with van der Waals surface area (Å²) in [6.45, 7) is 4.03. The molecule has 0 fully saturated rings. The Labute approximate surface area is 101 Å². The van der Waals surface area contributed by atoms with Crippen molar-refractivity contribution in [3.05, 3.63) is 39.3 Å². The molecule has 2 rings (SSSR count). The number of aromatic nitrogens is 1. The third kappa shape index (κ3) is 2.38. The summed E-state index contributed by atoms with van der Waals surface area (Å²) in [6, 6.07) is 7.75. The van der Waals surface area contributed by atoms with Gasteiger partial charge in [0.15, 0.2) is 0 Å². The lowest BCUT2D eigenvalue weighted by molar-refractivity contribution is 0.475. The summed E-state index contributed by atoms with van der Waals surface area (Å²) in [7, 11) is 0. The molecule has 1 heterocycles. The lowest BCUT2D eigenvalue weighted by atomic mass is 10.3. The number of para-hydroxylation sites is 1. The van der Waals surface area contributed by atoms with Crippen LogP contribution in [0.25, 0.3) is 0 Å². The van der Waals surface area contributed by atoms with Crippen LogP contribution < -0.4 is 4.74 Å². The van der Waals surface area contributed by atoms with Crippen molar-refractivity contribution in [1.29, 1.82) is 0 Å². The number of hydrogen-bond acceptors (Lipinski definition) is 3. The highest BCUT2D eigenvalue weighted by Gasteiger charge is 2.07. The summed E-state index contributed by atoms with van der Waals surface area (Å²) in [4.78, 5) is 5.51. The molecule has 15 heavy (non-hydrogen) atoms. The molecule has 0 aliphatic rings. The first-order valence-corrected chi connectivity index (χ1v) is 6.14. The van der Waals surface area contributed by atoms with Crippen LogP contribution in [0.4, 0.5) is 0 Å². The zero-order chi connectivity index (χ0) is 10.8. The Balaban J connectivity index is 2.26. The number of hydrogen-bond donors (Lipinski definition) is 0. The van der Waals surface area contributed by atoms with Gasteiger partial charge in [0.25, 0.3) is 5.19 Å². The molecule has 0 N–H and O–H groups in total. The Kier molecular flexibility index (Phi) is 3.07. The molecule has 0 radical (unpaired) electrons. The van der Waals surface area contributed by atoms with E-state index in [9.17, 15) is 0 Å². The second-order valence-corrected chi connectivity index (χ2v) is 5.17. The normalized spacial score (nSPS) is 10.3. The van der Waals surface area contributed by atoms with E-state index in [1.54, 1.807) is 11.3 Å². The molecular formula is C11H10BrNOS. The summed E-state index contributed by atoms with van der Waals surface area (Å²) < 4.78 is 6.61. The average Bonchev–Trinajstić information content (AvgIpc) is 2.50. The van der Waals surface area contributed by atoms with Crippen molar-refractivity contribution in [3.63, 3.8) is 0 Å². The smallest absolute Gasteiger partial charge is 0.279 e. The summed E-state index contributed by atoms with van der Waals surface area (Å²) >= 11 is 4.99. The Hall–Kier alpha value is -0.870. The standard InChI is InChI=1S/C11H10BrNOS/c1-7-8(2)15-11(13-7)14-10-6-4-3-5-9(10)12/h3-6H,1-2H3. The lowest BCUT2D eigenvalue weighted by Gasteiger charge is -2.02. The monoisotopic (exact) mass is 283 g/mol. The van der Waals surface area contributed by atoms with Gasteiger partial charge in [-0.3, -0.25) is 0 Å². The predicted octanol–water partition coefficient (Wildman–Crippen LogP) is 4.31. The molecule has 0 unspecified atom stereocenters. The van der Waals surface area contributed by atoms with Gasteiger partial charge in [-0.2, -0.15) is 0 Å². The first-order chi connectivity index (χ1) is 7.16. The number of aryl methyl sites for hydroxylation is 2. The van der Waals surface area contributed by atoms with Crippen LogP contribution in [-0.2, 0) is 0 Å². The fourth-order valence-corrected chi connectivity index (χ4v) is 2.24. The van der Waals surface area contributed by atoms with Crippen LogP contribution in [0.5, 0.6) is 10.9 Å². The molecule has 0 aliphatic heterocycles. The van der Waals surface area contributed by atoms with Crippen LogP contribution in [0.2, 0.25) is 0 Å². The molecule has 2 aromatic rings. The highest BCUT2D eigenvalue weighted by molar-refractivity contribution is 9.10. The molecule has 0 aliphatic carbocycles. The van der Waals surface area contributed by atoms with Crippen LogP contribution >= 0.6 is 27.3 Å². The second kappa shape index (κ2) is 4.33. The molecule has 0 saturated heterocycles. The number of thiazole rings is 1. The molecular weight excluding hydrogens is 274 g/mol. The predicted molar refractivity (Wildman–Crippen MR) is 65.8 cm³/mol. The van der Waals surface area contributed by atoms with Crippen molar-refractivity contribution in [3.8, 4) is 10.9 Å². The zero-order valence-electron chi connectivity index (χ0n) is 8.45. The minimum atomic E-state index is 0.692. The van der Waals surface area contributed by atoms with Gasteiger partial charge in [0, 0.05) is 4.88 Å². The SMILES string of the molecule is Cc1nc(Oc2ccccc2Br)sc1C. The third-order valence-electron chi connectivity index (χ3n) is 2.04. The van der Waals surface area contributed by atoms with E-state index in [0.717, 1.165) is 15.9 Å². The van der Waals surface area contributed by atoms with Crippen LogP contribution in [0.15, 0.2) is 28.7 Å². The van der Waals surface area contributed by atoms with Crippen LogP contribution in [-0.4, -0.2) is 4.98 Å². The van der Waals surface area contributed by atoms with Crippen LogP contribution in [0, 0.1) is 13.8 Å². The number of nitrogens with zero attached hydrogens (tertiary/aromatic N) is 1. The number of halogens is 1. The molecule has 0 atom stereocenters. The molecule has 0 amide bonds. The van der Waals surface area contributed by atoms with Gasteiger partial charge in [-0.1, -0.05) is 23.5 Å². The van der Waals surface area contributed by atoms with Gasteiger partial charge in [-0.25, -0.2) is 4.98 Å². The molecule has 2 nitrogen and oxygen atoms in total. The van der Waals surface area contributed by atoms with Gasteiger partial charge in [0.1, 0.15) is 5.75 Å². The Morgan fingerprint density at radius 1 is 1.27 bits per heavy atom. The second-order valence-electron chi connectivity index (χ2n) is 3.15. The number of benzene rings is 1. The summed E-state index contributed by atoms with van der Waals surface area (Å²) in [5.74, 6) is 0.797. The van der Waals surface area contributed by atoms with Crippen LogP contribution in [0.3, 0.4) is 0 Å². The Morgan fingerprint density at radius 3 is 2.60 bits per heavy atom. The highest BCUT2D eigenvalue weighted by atomic mass is 79.9. The molecule has 1 aromatic carbocycles. The van der Waals surface area contributed by atoms with E-state index in [1.807, 2.05) is 38.1 Å². The van der Waals surface area contributed by atoms with E-state index in [2.05, 4.69) is 20.9 Å². The van der Waals surface area contributed by atoms with Crippen molar-refractivity contribution in [2.45, 2.75) is 13.8 Å². The summed E-state index contributed by atoms with van der Waals surface area (Å²) in [6.07, 6.45) is 0. The number of rotatable bonds is 2. The first kappa shape index (κ1) is 10.6. The summed E-state index contributed by atoms with van der Waals surface area (Å²) in [5.41, 5.74) is 1.03. The molecule has 0 saturated carbocycles. The van der Waals surface area contributed by atoms with Gasteiger partial charge in [-0.05, 0) is 41.9 Å². The van der Waals surface area contributed by atoms with Gasteiger partial charge in [0.2, 0.25) is 0 Å². The van der Waals surface area contributed by atoms with Crippen molar-refractivity contribution >= 4 is 27.3 Å². The minimum Gasteiger partial charge on any atom is -0.430 e. The molecule has 1 aromatic heterocycles. The minimum absolute atomic E-state index is 0.692. The molecule has 78 valence electrons. The van der Waals surface area contributed by atoms with E-state index in [-0.39, 0.29) is 0 Å². The maximum absolute atomic E-state index is 5.67. The Morgan fingerprint density at radius 2 is 2.00 bits per heavy atom. The third-order valence-corrected chi connectivity index (χ3v) is 3.65. The maximum atomic E-state index is 5.67. The largest absolute Gasteiger partial charge is 0.430 e.